The van der Waals surface area contributed by atoms with Crippen LogP contribution in [0.25, 0.3) is 0 Å². The van der Waals surface area contributed by atoms with Gasteiger partial charge in [-0.1, -0.05) is 23.2 Å². The van der Waals surface area contributed by atoms with Crippen molar-refractivity contribution in [3.63, 3.8) is 0 Å². The van der Waals surface area contributed by atoms with E-state index in [1.165, 1.54) is 39.5 Å². The number of hydrogen-bond acceptors (Lipinski definition) is 7. The fraction of sp³-hybridized carbons (Fsp3) is 0.174. The Labute approximate surface area is 209 Å². The SMILES string of the molecule is COC(=O)c1c(NC(=O)c2ccc(Cl)cc2Cl)sc(C(=O)Nc2cc(OC)ccc2OC)c1C. The van der Waals surface area contributed by atoms with Gasteiger partial charge in [0.15, 0.2) is 0 Å². The first-order valence-corrected chi connectivity index (χ1v) is 11.3. The summed E-state index contributed by atoms with van der Waals surface area (Å²) in [5, 5.41) is 6.06. The highest BCUT2D eigenvalue weighted by atomic mass is 35.5. The van der Waals surface area contributed by atoms with Gasteiger partial charge >= 0.3 is 5.97 Å². The topological polar surface area (TPSA) is 103 Å². The summed E-state index contributed by atoms with van der Waals surface area (Å²) in [5.41, 5.74) is 0.931. The molecule has 0 atom stereocenters. The van der Waals surface area contributed by atoms with Gasteiger partial charge in [-0.25, -0.2) is 4.79 Å². The largest absolute Gasteiger partial charge is 0.497 e. The standard InChI is InChI=1S/C23H20Cl2N2O6S/c1-11-18(23(30)33-4)22(27-20(28)14-7-5-12(24)9-15(14)25)34-19(11)21(29)26-16-10-13(31-2)6-8-17(16)32-3/h5-10H,1-4H3,(H,26,29)(H,27,28). The van der Waals surface area contributed by atoms with Crippen molar-refractivity contribution < 1.29 is 28.6 Å². The molecule has 2 N–H and O–H groups in total. The van der Waals surface area contributed by atoms with Gasteiger partial charge in [-0.05, 0) is 42.8 Å². The second-order valence-corrected chi connectivity index (χ2v) is 8.71. The Kier molecular flexibility index (Phi) is 8.03. The molecule has 2 aromatic carbocycles. The number of carbonyl (C=O) groups is 3. The number of carbonyl (C=O) groups excluding carboxylic acids is 3. The van der Waals surface area contributed by atoms with E-state index < -0.39 is 17.8 Å². The molecule has 2 amide bonds. The molecular weight excluding hydrogens is 503 g/mol. The van der Waals surface area contributed by atoms with Gasteiger partial charge in [0.1, 0.15) is 16.5 Å². The van der Waals surface area contributed by atoms with E-state index in [2.05, 4.69) is 10.6 Å². The van der Waals surface area contributed by atoms with E-state index in [1.807, 2.05) is 0 Å². The molecule has 0 aliphatic heterocycles. The van der Waals surface area contributed by atoms with Crippen LogP contribution in [0.4, 0.5) is 10.7 Å². The monoisotopic (exact) mass is 522 g/mol. The van der Waals surface area contributed by atoms with E-state index in [0.717, 1.165) is 11.3 Å². The molecule has 0 aliphatic carbocycles. The molecule has 3 aromatic rings. The van der Waals surface area contributed by atoms with Crippen LogP contribution in [-0.4, -0.2) is 39.1 Å². The van der Waals surface area contributed by atoms with Gasteiger partial charge in [-0.15, -0.1) is 11.3 Å². The highest BCUT2D eigenvalue weighted by molar-refractivity contribution is 7.19. The Morgan fingerprint density at radius 1 is 0.912 bits per heavy atom. The lowest BCUT2D eigenvalue weighted by Crippen LogP contribution is -2.15. The average molecular weight is 523 g/mol. The van der Waals surface area contributed by atoms with Crippen LogP contribution in [0.15, 0.2) is 36.4 Å². The molecule has 1 heterocycles. The minimum atomic E-state index is -0.704. The Balaban J connectivity index is 1.98. The molecule has 0 radical (unpaired) electrons. The van der Waals surface area contributed by atoms with Gasteiger partial charge < -0.3 is 24.8 Å². The minimum absolute atomic E-state index is 0.0636. The normalized spacial score (nSPS) is 10.4. The molecule has 0 aliphatic rings. The zero-order valence-corrected chi connectivity index (χ0v) is 20.9. The van der Waals surface area contributed by atoms with E-state index in [0.29, 0.717) is 27.8 Å². The van der Waals surface area contributed by atoms with Gasteiger partial charge in [0.05, 0.1) is 48.0 Å². The predicted octanol–water partition coefficient (Wildman–Crippen LogP) is 5.67. The van der Waals surface area contributed by atoms with Crippen molar-refractivity contribution in [3.8, 4) is 11.5 Å². The summed E-state index contributed by atoms with van der Waals surface area (Å²) < 4.78 is 15.4. The lowest BCUT2D eigenvalue weighted by molar-refractivity contribution is 0.0601. The third-order valence-corrected chi connectivity index (χ3v) is 6.55. The summed E-state index contributed by atoms with van der Waals surface area (Å²) in [6.07, 6.45) is 0. The molecular formula is C23H20Cl2N2O6S. The number of ether oxygens (including phenoxy) is 3. The molecule has 34 heavy (non-hydrogen) atoms. The number of benzene rings is 2. The Bertz CT molecular complexity index is 1270. The zero-order chi connectivity index (χ0) is 25.0. The number of hydrogen-bond donors (Lipinski definition) is 2. The number of methoxy groups -OCH3 is 3. The maximum absolute atomic E-state index is 13.1. The van der Waals surface area contributed by atoms with Crippen molar-refractivity contribution in [2.24, 2.45) is 0 Å². The lowest BCUT2D eigenvalue weighted by Gasteiger charge is -2.11. The summed E-state index contributed by atoms with van der Waals surface area (Å²) in [6, 6.07) is 9.35. The van der Waals surface area contributed by atoms with Crippen molar-refractivity contribution >= 4 is 63.0 Å². The maximum atomic E-state index is 13.1. The van der Waals surface area contributed by atoms with E-state index >= 15 is 0 Å². The fourth-order valence-corrected chi connectivity index (χ4v) is 4.68. The number of halogens is 2. The molecule has 1 aromatic heterocycles. The highest BCUT2D eigenvalue weighted by Crippen LogP contribution is 2.36. The molecule has 0 saturated carbocycles. The van der Waals surface area contributed by atoms with Crippen molar-refractivity contribution in [2.75, 3.05) is 32.0 Å². The molecule has 11 heteroatoms. The zero-order valence-electron chi connectivity index (χ0n) is 18.6. The Hall–Kier alpha value is -3.27. The number of amides is 2. The first-order chi connectivity index (χ1) is 16.2. The molecule has 178 valence electrons. The number of esters is 1. The minimum Gasteiger partial charge on any atom is -0.497 e. The molecule has 0 bridgehead atoms. The van der Waals surface area contributed by atoms with Crippen molar-refractivity contribution in [1.29, 1.82) is 0 Å². The van der Waals surface area contributed by atoms with Crippen molar-refractivity contribution in [3.05, 3.63) is 68.0 Å². The summed E-state index contributed by atoms with van der Waals surface area (Å²) in [4.78, 5) is 38.6. The molecule has 0 unspecified atom stereocenters. The van der Waals surface area contributed by atoms with E-state index in [4.69, 9.17) is 37.4 Å². The van der Waals surface area contributed by atoms with Crippen LogP contribution in [0.1, 0.15) is 36.0 Å². The molecule has 0 spiro atoms. The Morgan fingerprint density at radius 2 is 1.65 bits per heavy atom. The average Bonchev–Trinajstić information content (AvgIpc) is 3.13. The number of thiophene rings is 1. The maximum Gasteiger partial charge on any atom is 0.341 e. The molecule has 8 nitrogen and oxygen atoms in total. The molecule has 3 rings (SSSR count). The van der Waals surface area contributed by atoms with Gasteiger partial charge in [0.25, 0.3) is 11.8 Å². The number of rotatable bonds is 7. The fourth-order valence-electron chi connectivity index (χ4n) is 3.10. The van der Waals surface area contributed by atoms with Crippen LogP contribution in [0.3, 0.4) is 0 Å². The Morgan fingerprint density at radius 3 is 2.26 bits per heavy atom. The van der Waals surface area contributed by atoms with Gasteiger partial charge in [-0.2, -0.15) is 0 Å². The summed E-state index contributed by atoms with van der Waals surface area (Å²) >= 11 is 13.0. The van der Waals surface area contributed by atoms with Gasteiger partial charge in [0.2, 0.25) is 0 Å². The van der Waals surface area contributed by atoms with E-state index in [-0.39, 0.29) is 26.0 Å². The van der Waals surface area contributed by atoms with Crippen LogP contribution >= 0.6 is 34.5 Å². The van der Waals surface area contributed by atoms with Gasteiger partial charge in [0, 0.05) is 11.1 Å². The third kappa shape index (κ3) is 5.27. The summed E-state index contributed by atoms with van der Waals surface area (Å²) in [7, 11) is 4.18. The number of anilines is 2. The third-order valence-electron chi connectivity index (χ3n) is 4.80. The first kappa shape index (κ1) is 25.4. The first-order valence-electron chi connectivity index (χ1n) is 9.71. The highest BCUT2D eigenvalue weighted by Gasteiger charge is 2.27. The smallest absolute Gasteiger partial charge is 0.341 e. The van der Waals surface area contributed by atoms with Crippen molar-refractivity contribution in [2.45, 2.75) is 6.92 Å². The second-order valence-electron chi connectivity index (χ2n) is 6.85. The van der Waals surface area contributed by atoms with Crippen LogP contribution in [0.5, 0.6) is 11.5 Å². The van der Waals surface area contributed by atoms with Crippen LogP contribution < -0.4 is 20.1 Å². The molecule has 0 saturated heterocycles. The second kappa shape index (κ2) is 10.8. The van der Waals surface area contributed by atoms with Crippen LogP contribution in [0, 0.1) is 6.92 Å². The number of nitrogens with one attached hydrogen (secondary N) is 2. The van der Waals surface area contributed by atoms with E-state index in [9.17, 15) is 14.4 Å². The van der Waals surface area contributed by atoms with E-state index in [1.54, 1.807) is 25.1 Å². The van der Waals surface area contributed by atoms with Crippen LogP contribution in [-0.2, 0) is 4.74 Å². The van der Waals surface area contributed by atoms with Crippen LogP contribution in [0.2, 0.25) is 10.0 Å². The lowest BCUT2D eigenvalue weighted by atomic mass is 10.1. The summed E-state index contributed by atoms with van der Waals surface area (Å²) in [6.45, 7) is 1.59. The summed E-state index contributed by atoms with van der Waals surface area (Å²) in [5.74, 6) is -0.854. The van der Waals surface area contributed by atoms with Gasteiger partial charge in [-0.3, -0.25) is 9.59 Å². The predicted molar refractivity (Wildman–Crippen MR) is 132 cm³/mol. The van der Waals surface area contributed by atoms with Crippen molar-refractivity contribution in [1.82, 2.24) is 0 Å². The molecule has 0 fully saturated rings. The quantitative estimate of drug-likeness (QED) is 0.387.